The Kier molecular flexibility index (Phi) is 5.40. The van der Waals surface area contributed by atoms with Gasteiger partial charge in [-0.3, -0.25) is 10.4 Å². The van der Waals surface area contributed by atoms with Gasteiger partial charge in [-0.25, -0.2) is 0 Å². The van der Waals surface area contributed by atoms with E-state index in [9.17, 15) is 0 Å². The molecule has 0 saturated carbocycles. The van der Waals surface area contributed by atoms with Gasteiger partial charge in [0, 0.05) is 11.9 Å². The molecule has 1 aromatic carbocycles. The van der Waals surface area contributed by atoms with Gasteiger partial charge >= 0.3 is 0 Å². The molecule has 2 N–H and O–H groups in total. The van der Waals surface area contributed by atoms with Crippen LogP contribution in [-0.2, 0) is 6.42 Å². The topological polar surface area (TPSA) is 49.3 Å². The Morgan fingerprint density at radius 1 is 1.19 bits per heavy atom. The maximum atomic E-state index is 5.26. The summed E-state index contributed by atoms with van der Waals surface area (Å²) in [6, 6.07) is 13.8. The normalized spacial score (nSPS) is 11.0. The Morgan fingerprint density at radius 3 is 2.67 bits per heavy atom. The van der Waals surface area contributed by atoms with E-state index >= 15 is 0 Å². The van der Waals surface area contributed by atoms with Gasteiger partial charge in [-0.2, -0.15) is 5.10 Å². The molecule has 2 rings (SSSR count). The second-order valence-electron chi connectivity index (χ2n) is 4.49. The van der Waals surface area contributed by atoms with Crippen LogP contribution in [-0.4, -0.2) is 15.8 Å². The van der Waals surface area contributed by atoms with Crippen molar-refractivity contribution in [2.75, 3.05) is 5.32 Å². The number of nitrogens with one attached hydrogen (secondary N) is 2. The summed E-state index contributed by atoms with van der Waals surface area (Å²) in [5.41, 5.74) is 6.67. The van der Waals surface area contributed by atoms with Crippen LogP contribution in [0, 0.1) is 0 Å². The smallest absolute Gasteiger partial charge is 0.191 e. The summed E-state index contributed by atoms with van der Waals surface area (Å²) in [5.74, 6) is 0. The van der Waals surface area contributed by atoms with Gasteiger partial charge in [0.1, 0.15) is 0 Å². The van der Waals surface area contributed by atoms with E-state index in [-0.39, 0.29) is 0 Å². The standard InChI is InChI=1S/C16H18N4S/c1-3-13-8-4-5-10-15(13)18-16(21)20-19-12(2)14-9-6-7-11-17-14/h4-11H,3H2,1-2H3,(H2,18,20,21)/b19-12+. The molecule has 21 heavy (non-hydrogen) atoms. The largest absolute Gasteiger partial charge is 0.331 e. The van der Waals surface area contributed by atoms with Crippen LogP contribution in [0.3, 0.4) is 0 Å². The number of pyridine rings is 1. The first kappa shape index (κ1) is 15.1. The van der Waals surface area contributed by atoms with E-state index in [1.807, 2.05) is 43.3 Å². The molecule has 2 aromatic rings. The average Bonchev–Trinajstić information content (AvgIpc) is 2.54. The molecule has 0 bridgehead atoms. The summed E-state index contributed by atoms with van der Waals surface area (Å²) in [5, 5.41) is 7.87. The molecule has 1 aromatic heterocycles. The van der Waals surface area contributed by atoms with Crippen molar-refractivity contribution >= 4 is 28.7 Å². The molecule has 0 spiro atoms. The first-order chi connectivity index (χ1) is 10.2. The predicted molar refractivity (Wildman–Crippen MR) is 91.6 cm³/mol. The fourth-order valence-electron chi connectivity index (χ4n) is 1.87. The van der Waals surface area contributed by atoms with Gasteiger partial charge in [-0.15, -0.1) is 0 Å². The second-order valence-corrected chi connectivity index (χ2v) is 4.90. The Bertz CT molecular complexity index is 638. The van der Waals surface area contributed by atoms with Crippen molar-refractivity contribution in [2.45, 2.75) is 20.3 Å². The number of hydrogen-bond acceptors (Lipinski definition) is 3. The minimum absolute atomic E-state index is 0.464. The summed E-state index contributed by atoms with van der Waals surface area (Å²) < 4.78 is 0. The van der Waals surface area contributed by atoms with Crippen molar-refractivity contribution in [1.82, 2.24) is 10.4 Å². The van der Waals surface area contributed by atoms with Crippen molar-refractivity contribution in [2.24, 2.45) is 5.10 Å². The summed E-state index contributed by atoms with van der Waals surface area (Å²) in [6.07, 6.45) is 2.68. The monoisotopic (exact) mass is 298 g/mol. The molecule has 0 aliphatic rings. The molecule has 5 heteroatoms. The third kappa shape index (κ3) is 4.36. The Hall–Kier alpha value is -2.27. The molecule has 0 atom stereocenters. The molecule has 0 unspecified atom stereocenters. The minimum Gasteiger partial charge on any atom is -0.331 e. The fraction of sp³-hybridized carbons (Fsp3) is 0.188. The van der Waals surface area contributed by atoms with E-state index in [1.165, 1.54) is 5.56 Å². The highest BCUT2D eigenvalue weighted by molar-refractivity contribution is 7.80. The minimum atomic E-state index is 0.464. The number of para-hydroxylation sites is 1. The van der Waals surface area contributed by atoms with Gasteiger partial charge in [0.05, 0.1) is 11.4 Å². The van der Waals surface area contributed by atoms with Crippen LogP contribution in [0.15, 0.2) is 53.8 Å². The van der Waals surface area contributed by atoms with Crippen molar-refractivity contribution < 1.29 is 0 Å². The fourth-order valence-corrected chi connectivity index (χ4v) is 2.03. The van der Waals surface area contributed by atoms with E-state index < -0.39 is 0 Å². The zero-order valence-corrected chi connectivity index (χ0v) is 12.9. The highest BCUT2D eigenvalue weighted by atomic mass is 32.1. The Labute approximate surface area is 130 Å². The van der Waals surface area contributed by atoms with Crippen LogP contribution in [0.25, 0.3) is 0 Å². The zero-order chi connectivity index (χ0) is 15.1. The molecule has 0 radical (unpaired) electrons. The number of nitrogens with zero attached hydrogens (tertiary/aromatic N) is 2. The van der Waals surface area contributed by atoms with Crippen LogP contribution < -0.4 is 10.7 Å². The average molecular weight is 298 g/mol. The van der Waals surface area contributed by atoms with Crippen molar-refractivity contribution in [3.63, 3.8) is 0 Å². The van der Waals surface area contributed by atoms with E-state index in [0.717, 1.165) is 23.5 Å². The van der Waals surface area contributed by atoms with Crippen molar-refractivity contribution in [3.8, 4) is 0 Å². The quantitative estimate of drug-likeness (QED) is 0.516. The molecule has 0 aliphatic carbocycles. The number of hydrazone groups is 1. The van der Waals surface area contributed by atoms with E-state index in [2.05, 4.69) is 33.8 Å². The third-order valence-electron chi connectivity index (χ3n) is 3.01. The predicted octanol–water partition coefficient (Wildman–Crippen LogP) is 3.35. The number of aromatic nitrogens is 1. The van der Waals surface area contributed by atoms with Crippen LogP contribution in [0.5, 0.6) is 0 Å². The Balaban J connectivity index is 1.99. The highest BCUT2D eigenvalue weighted by Gasteiger charge is 2.02. The highest BCUT2D eigenvalue weighted by Crippen LogP contribution is 2.15. The van der Waals surface area contributed by atoms with Gasteiger partial charge < -0.3 is 5.32 Å². The number of anilines is 1. The first-order valence-electron chi connectivity index (χ1n) is 6.81. The van der Waals surface area contributed by atoms with Gasteiger partial charge in [0.25, 0.3) is 0 Å². The molecule has 1 heterocycles. The number of benzene rings is 1. The molecule has 0 aliphatic heterocycles. The lowest BCUT2D eigenvalue weighted by atomic mass is 10.1. The SMILES string of the molecule is CCc1ccccc1NC(=S)N/N=C(\C)c1ccccn1. The molecule has 0 fully saturated rings. The first-order valence-corrected chi connectivity index (χ1v) is 7.22. The summed E-state index contributed by atoms with van der Waals surface area (Å²) in [6.45, 7) is 4.00. The molecule has 4 nitrogen and oxygen atoms in total. The second kappa shape index (κ2) is 7.50. The van der Waals surface area contributed by atoms with Crippen LogP contribution >= 0.6 is 12.2 Å². The molecular weight excluding hydrogens is 280 g/mol. The van der Waals surface area contributed by atoms with E-state index in [0.29, 0.717) is 5.11 Å². The van der Waals surface area contributed by atoms with Crippen LogP contribution in [0.4, 0.5) is 5.69 Å². The summed E-state index contributed by atoms with van der Waals surface area (Å²) in [7, 11) is 0. The number of hydrogen-bond donors (Lipinski definition) is 2. The third-order valence-corrected chi connectivity index (χ3v) is 3.20. The van der Waals surface area contributed by atoms with Gasteiger partial charge in [0.2, 0.25) is 0 Å². The van der Waals surface area contributed by atoms with Gasteiger partial charge in [-0.1, -0.05) is 31.2 Å². The molecule has 0 amide bonds. The van der Waals surface area contributed by atoms with Crippen LogP contribution in [0.2, 0.25) is 0 Å². The maximum Gasteiger partial charge on any atom is 0.191 e. The van der Waals surface area contributed by atoms with E-state index in [1.54, 1.807) is 6.20 Å². The molecular formula is C16H18N4S. The summed E-state index contributed by atoms with van der Waals surface area (Å²) >= 11 is 5.26. The number of thiocarbonyl (C=S) groups is 1. The van der Waals surface area contributed by atoms with Crippen molar-refractivity contribution in [1.29, 1.82) is 0 Å². The molecule has 0 saturated heterocycles. The van der Waals surface area contributed by atoms with Crippen molar-refractivity contribution in [3.05, 3.63) is 59.9 Å². The van der Waals surface area contributed by atoms with Gasteiger partial charge in [-0.05, 0) is 49.3 Å². The van der Waals surface area contributed by atoms with Crippen LogP contribution in [0.1, 0.15) is 25.1 Å². The summed E-state index contributed by atoms with van der Waals surface area (Å²) in [4.78, 5) is 4.23. The molecule has 108 valence electrons. The maximum absolute atomic E-state index is 5.26. The number of rotatable bonds is 4. The zero-order valence-electron chi connectivity index (χ0n) is 12.1. The number of aryl methyl sites for hydroxylation is 1. The lowest BCUT2D eigenvalue weighted by Crippen LogP contribution is -2.25. The van der Waals surface area contributed by atoms with E-state index in [4.69, 9.17) is 12.2 Å². The van der Waals surface area contributed by atoms with Gasteiger partial charge in [0.15, 0.2) is 5.11 Å². The lowest BCUT2D eigenvalue weighted by molar-refractivity contribution is 1.03. The lowest BCUT2D eigenvalue weighted by Gasteiger charge is -2.11. The Morgan fingerprint density at radius 2 is 1.95 bits per heavy atom.